The van der Waals surface area contributed by atoms with Crippen LogP contribution < -0.4 is 10.4 Å². The molecule has 1 heterocycles. The van der Waals surface area contributed by atoms with E-state index < -0.39 is 4.92 Å². The minimum atomic E-state index is -0.480. The standard InChI is InChI=1S/C13H15N3O4/c1-3-14-4-5-15(13(14)17)9-10-6-11(16(18)19)8-12(7-10)20-2/h4-8H,3,9H2,1-2H3. The highest BCUT2D eigenvalue weighted by Gasteiger charge is 2.11. The van der Waals surface area contributed by atoms with E-state index in [0.29, 0.717) is 17.9 Å². The predicted octanol–water partition coefficient (Wildman–Crippen LogP) is 1.63. The molecule has 7 heteroatoms. The molecule has 1 aromatic heterocycles. The molecule has 0 aliphatic carbocycles. The summed E-state index contributed by atoms with van der Waals surface area (Å²) in [4.78, 5) is 22.3. The zero-order chi connectivity index (χ0) is 14.7. The Balaban J connectivity index is 2.37. The molecule has 0 amide bonds. The van der Waals surface area contributed by atoms with Gasteiger partial charge in [-0.3, -0.25) is 19.2 Å². The van der Waals surface area contributed by atoms with Gasteiger partial charge < -0.3 is 4.74 Å². The van der Waals surface area contributed by atoms with E-state index in [-0.39, 0.29) is 17.9 Å². The van der Waals surface area contributed by atoms with Crippen molar-refractivity contribution in [1.82, 2.24) is 9.13 Å². The van der Waals surface area contributed by atoms with Crippen LogP contribution in [0, 0.1) is 10.1 Å². The number of aryl methyl sites for hydroxylation is 1. The molecule has 0 unspecified atom stereocenters. The third kappa shape index (κ3) is 2.71. The average Bonchev–Trinajstić information content (AvgIpc) is 2.79. The maximum atomic E-state index is 11.9. The fourth-order valence-electron chi connectivity index (χ4n) is 1.97. The summed E-state index contributed by atoms with van der Waals surface area (Å²) in [5, 5.41) is 10.9. The van der Waals surface area contributed by atoms with Gasteiger partial charge in [0, 0.05) is 25.0 Å². The summed E-state index contributed by atoms with van der Waals surface area (Å²) < 4.78 is 8.11. The summed E-state index contributed by atoms with van der Waals surface area (Å²) >= 11 is 0. The van der Waals surface area contributed by atoms with Crippen molar-refractivity contribution in [3.05, 3.63) is 56.8 Å². The number of hydrogen-bond acceptors (Lipinski definition) is 4. The topological polar surface area (TPSA) is 79.3 Å². The zero-order valence-corrected chi connectivity index (χ0v) is 11.3. The number of nitro groups is 1. The number of imidazole rings is 1. The first-order chi connectivity index (χ1) is 9.55. The minimum absolute atomic E-state index is 0.0534. The van der Waals surface area contributed by atoms with Crippen molar-refractivity contribution in [2.24, 2.45) is 0 Å². The molecule has 0 aliphatic heterocycles. The highest BCUT2D eigenvalue weighted by Crippen LogP contribution is 2.22. The van der Waals surface area contributed by atoms with Crippen molar-refractivity contribution in [1.29, 1.82) is 0 Å². The molecule has 0 saturated carbocycles. The fraction of sp³-hybridized carbons (Fsp3) is 0.308. The summed E-state index contributed by atoms with van der Waals surface area (Å²) in [5.41, 5.74) is 0.451. The monoisotopic (exact) mass is 277 g/mol. The number of hydrogen-bond donors (Lipinski definition) is 0. The van der Waals surface area contributed by atoms with Crippen LogP contribution in [0.25, 0.3) is 0 Å². The summed E-state index contributed by atoms with van der Waals surface area (Å²) in [6.45, 7) is 2.73. The second kappa shape index (κ2) is 5.60. The number of rotatable bonds is 5. The normalized spacial score (nSPS) is 10.5. The number of nitrogens with zero attached hydrogens (tertiary/aromatic N) is 3. The largest absolute Gasteiger partial charge is 0.496 e. The zero-order valence-electron chi connectivity index (χ0n) is 11.3. The summed E-state index contributed by atoms with van der Waals surface area (Å²) in [5.74, 6) is 0.400. The quantitative estimate of drug-likeness (QED) is 0.614. The lowest BCUT2D eigenvalue weighted by atomic mass is 10.2. The molecule has 7 nitrogen and oxygen atoms in total. The third-order valence-electron chi connectivity index (χ3n) is 3.01. The van der Waals surface area contributed by atoms with E-state index in [9.17, 15) is 14.9 Å². The van der Waals surface area contributed by atoms with Gasteiger partial charge >= 0.3 is 5.69 Å². The van der Waals surface area contributed by atoms with E-state index in [1.54, 1.807) is 23.0 Å². The van der Waals surface area contributed by atoms with Crippen molar-refractivity contribution < 1.29 is 9.66 Å². The van der Waals surface area contributed by atoms with E-state index in [0.717, 1.165) is 0 Å². The first kappa shape index (κ1) is 13.9. The van der Waals surface area contributed by atoms with Gasteiger partial charge in [0.05, 0.1) is 24.6 Å². The fourth-order valence-corrected chi connectivity index (χ4v) is 1.97. The van der Waals surface area contributed by atoms with Crippen LogP contribution in [0.15, 0.2) is 35.4 Å². The van der Waals surface area contributed by atoms with Gasteiger partial charge in [-0.25, -0.2) is 4.79 Å². The van der Waals surface area contributed by atoms with Crippen LogP contribution in [0.3, 0.4) is 0 Å². The van der Waals surface area contributed by atoms with Gasteiger partial charge in [-0.15, -0.1) is 0 Å². The first-order valence-electron chi connectivity index (χ1n) is 6.13. The highest BCUT2D eigenvalue weighted by atomic mass is 16.6. The van der Waals surface area contributed by atoms with Crippen LogP contribution >= 0.6 is 0 Å². The molecule has 0 aliphatic rings. The Morgan fingerprint density at radius 1 is 1.25 bits per heavy atom. The van der Waals surface area contributed by atoms with E-state index in [1.807, 2.05) is 6.92 Å². The maximum Gasteiger partial charge on any atom is 0.328 e. The Morgan fingerprint density at radius 3 is 2.50 bits per heavy atom. The molecular formula is C13H15N3O4. The highest BCUT2D eigenvalue weighted by molar-refractivity contribution is 5.42. The van der Waals surface area contributed by atoms with Gasteiger partial charge in [-0.05, 0) is 18.6 Å². The Labute approximate surface area is 115 Å². The molecule has 0 atom stereocenters. The number of benzene rings is 1. The second-order valence-electron chi connectivity index (χ2n) is 4.29. The van der Waals surface area contributed by atoms with Crippen molar-refractivity contribution >= 4 is 5.69 Å². The van der Waals surface area contributed by atoms with Gasteiger partial charge in [-0.2, -0.15) is 0 Å². The Hall–Kier alpha value is -2.57. The van der Waals surface area contributed by atoms with Gasteiger partial charge in [0.25, 0.3) is 5.69 Å². The lowest BCUT2D eigenvalue weighted by Crippen LogP contribution is -2.23. The smallest absolute Gasteiger partial charge is 0.328 e. The molecule has 2 rings (SSSR count). The molecule has 0 spiro atoms. The van der Waals surface area contributed by atoms with Crippen LogP contribution in [-0.2, 0) is 13.1 Å². The van der Waals surface area contributed by atoms with Crippen LogP contribution in [0.1, 0.15) is 12.5 Å². The Morgan fingerprint density at radius 2 is 1.95 bits per heavy atom. The van der Waals surface area contributed by atoms with Crippen LogP contribution in [0.2, 0.25) is 0 Å². The molecule has 0 saturated heterocycles. The van der Waals surface area contributed by atoms with Gasteiger partial charge in [0.2, 0.25) is 0 Å². The van der Waals surface area contributed by atoms with Crippen molar-refractivity contribution in [2.75, 3.05) is 7.11 Å². The third-order valence-corrected chi connectivity index (χ3v) is 3.01. The molecule has 1 aromatic carbocycles. The number of aromatic nitrogens is 2. The van der Waals surface area contributed by atoms with E-state index in [2.05, 4.69) is 0 Å². The Kier molecular flexibility index (Phi) is 3.88. The molecule has 106 valence electrons. The van der Waals surface area contributed by atoms with Crippen molar-refractivity contribution in [3.63, 3.8) is 0 Å². The SMILES string of the molecule is CCn1ccn(Cc2cc(OC)cc([N+](=O)[O-])c2)c1=O. The van der Waals surface area contributed by atoms with Crippen LogP contribution in [0.4, 0.5) is 5.69 Å². The van der Waals surface area contributed by atoms with Crippen LogP contribution in [0.5, 0.6) is 5.75 Å². The van der Waals surface area contributed by atoms with Crippen LogP contribution in [-0.4, -0.2) is 21.2 Å². The van der Waals surface area contributed by atoms with E-state index in [4.69, 9.17) is 4.74 Å². The molecule has 20 heavy (non-hydrogen) atoms. The predicted molar refractivity (Wildman–Crippen MR) is 73.1 cm³/mol. The number of methoxy groups -OCH3 is 1. The van der Waals surface area contributed by atoms with E-state index in [1.165, 1.54) is 23.8 Å². The Bertz CT molecular complexity index is 687. The minimum Gasteiger partial charge on any atom is -0.496 e. The average molecular weight is 277 g/mol. The first-order valence-corrected chi connectivity index (χ1v) is 6.13. The molecular weight excluding hydrogens is 262 g/mol. The second-order valence-corrected chi connectivity index (χ2v) is 4.29. The molecule has 0 fully saturated rings. The summed E-state index contributed by atoms with van der Waals surface area (Å²) in [6.07, 6.45) is 3.36. The lowest BCUT2D eigenvalue weighted by molar-refractivity contribution is -0.385. The molecule has 0 bridgehead atoms. The van der Waals surface area contributed by atoms with E-state index >= 15 is 0 Å². The number of nitro benzene ring substituents is 1. The lowest BCUT2D eigenvalue weighted by Gasteiger charge is -2.05. The number of non-ortho nitro benzene ring substituents is 1. The maximum absolute atomic E-state index is 11.9. The van der Waals surface area contributed by atoms with Gasteiger partial charge in [0.15, 0.2) is 0 Å². The summed E-state index contributed by atoms with van der Waals surface area (Å²) in [7, 11) is 1.45. The van der Waals surface area contributed by atoms with Crippen molar-refractivity contribution in [2.45, 2.75) is 20.0 Å². The summed E-state index contributed by atoms with van der Waals surface area (Å²) in [6, 6.07) is 4.48. The molecule has 2 aromatic rings. The van der Waals surface area contributed by atoms with Gasteiger partial charge in [0.1, 0.15) is 5.75 Å². The van der Waals surface area contributed by atoms with Crippen molar-refractivity contribution in [3.8, 4) is 5.75 Å². The van der Waals surface area contributed by atoms with Gasteiger partial charge in [-0.1, -0.05) is 0 Å². The molecule has 0 radical (unpaired) electrons. The molecule has 0 N–H and O–H groups in total. The number of ether oxygens (including phenoxy) is 1.